The zero-order valence-corrected chi connectivity index (χ0v) is 25.4. The average Bonchev–Trinajstić information content (AvgIpc) is 2.90. The number of urea groups is 1. The maximum atomic E-state index is 12.8. The fourth-order valence-electron chi connectivity index (χ4n) is 5.53. The molecule has 2 heterocycles. The molecule has 2 aromatic rings. The monoisotopic (exact) mass is 588 g/mol. The van der Waals surface area contributed by atoms with Crippen molar-refractivity contribution in [1.82, 2.24) is 24.3 Å². The van der Waals surface area contributed by atoms with Gasteiger partial charge >= 0.3 is 11.7 Å². The van der Waals surface area contributed by atoms with Gasteiger partial charge in [-0.3, -0.25) is 14.7 Å². The van der Waals surface area contributed by atoms with Crippen LogP contribution in [0.1, 0.15) is 46.1 Å². The van der Waals surface area contributed by atoms with Crippen LogP contribution in [-0.2, 0) is 11.2 Å². The first-order chi connectivity index (χ1) is 18.9. The van der Waals surface area contributed by atoms with E-state index in [1.165, 1.54) is 10.1 Å². The lowest BCUT2D eigenvalue weighted by Crippen LogP contribution is -2.58. The van der Waals surface area contributed by atoms with Gasteiger partial charge in [-0.05, 0) is 76.3 Å². The summed E-state index contributed by atoms with van der Waals surface area (Å²) in [5.41, 5.74) is 12.4. The van der Waals surface area contributed by atoms with Crippen LogP contribution in [0.4, 0.5) is 10.6 Å². The standard InChI is InChI=1S/C29H44N8O3.ClH/c1-5-34(19-22-17-23(30)18-22)20(2)16-21-6-8-24(9-7-21)37-11-10-25(33-28(37)40)32-27(39)36-14-12-35(13-15-36)26(38)29(3,4)31;/h6-11,20,22-23H,5,12-19,30-31H2,1-4H3,(H,32,33,39,40);1H/t20?,22-,23-;. The predicted octanol–water partition coefficient (Wildman–Crippen LogP) is 2.06. The van der Waals surface area contributed by atoms with E-state index < -0.39 is 11.2 Å². The van der Waals surface area contributed by atoms with Crippen molar-refractivity contribution in [3.8, 4) is 5.69 Å². The number of aromatic nitrogens is 2. The van der Waals surface area contributed by atoms with Gasteiger partial charge in [0.05, 0.1) is 11.2 Å². The molecular formula is C29H45ClN8O3. The minimum Gasteiger partial charge on any atom is -0.338 e. The van der Waals surface area contributed by atoms with Gasteiger partial charge in [-0.2, -0.15) is 4.98 Å². The third kappa shape index (κ3) is 8.28. The lowest BCUT2D eigenvalue weighted by atomic mass is 9.80. The van der Waals surface area contributed by atoms with Crippen molar-refractivity contribution in [1.29, 1.82) is 0 Å². The Morgan fingerprint density at radius 1 is 1.10 bits per heavy atom. The number of hydrogen-bond acceptors (Lipinski definition) is 7. The number of anilines is 1. The number of hydrogen-bond donors (Lipinski definition) is 3. The first-order valence-electron chi connectivity index (χ1n) is 14.3. The number of nitrogens with two attached hydrogens (primary N) is 2. The number of amides is 3. The van der Waals surface area contributed by atoms with Crippen molar-refractivity contribution in [2.75, 3.05) is 44.6 Å². The molecule has 0 radical (unpaired) electrons. The van der Waals surface area contributed by atoms with Crippen LogP contribution in [0.3, 0.4) is 0 Å². The largest absolute Gasteiger partial charge is 0.354 e. The van der Waals surface area contributed by atoms with E-state index in [2.05, 4.69) is 41.2 Å². The number of likely N-dealkylation sites (N-methyl/N-ethyl adjacent to an activating group) is 1. The summed E-state index contributed by atoms with van der Waals surface area (Å²) in [6, 6.07) is 9.99. The fourth-order valence-corrected chi connectivity index (χ4v) is 5.53. The van der Waals surface area contributed by atoms with E-state index in [1.807, 2.05) is 12.1 Å². The molecule has 1 aliphatic heterocycles. The van der Waals surface area contributed by atoms with Gasteiger partial charge < -0.3 is 26.2 Å². The summed E-state index contributed by atoms with van der Waals surface area (Å²) in [4.78, 5) is 47.7. The Morgan fingerprint density at radius 2 is 1.71 bits per heavy atom. The van der Waals surface area contributed by atoms with Crippen molar-refractivity contribution in [3.05, 3.63) is 52.6 Å². The van der Waals surface area contributed by atoms with Gasteiger partial charge in [0, 0.05) is 51.0 Å². The summed E-state index contributed by atoms with van der Waals surface area (Å²) in [6.45, 7) is 11.5. The van der Waals surface area contributed by atoms with Crippen molar-refractivity contribution < 1.29 is 9.59 Å². The van der Waals surface area contributed by atoms with Crippen molar-refractivity contribution >= 4 is 30.2 Å². The van der Waals surface area contributed by atoms with Gasteiger partial charge in [0.1, 0.15) is 5.82 Å². The number of piperazine rings is 1. The van der Waals surface area contributed by atoms with Crippen LogP contribution in [0, 0.1) is 5.92 Å². The SMILES string of the molecule is CCN(C[C@H]1C[C@H](N)C1)C(C)Cc1ccc(-n2ccc(NC(=O)N3CCN(C(=O)C(C)(C)N)CC3)nc2=O)cc1.Cl. The fraction of sp³-hybridized carbons (Fsp3) is 0.586. The summed E-state index contributed by atoms with van der Waals surface area (Å²) in [6.07, 6.45) is 4.79. The van der Waals surface area contributed by atoms with Crippen molar-refractivity contribution in [2.45, 2.75) is 64.6 Å². The number of nitrogens with zero attached hydrogens (tertiary/aromatic N) is 5. The smallest absolute Gasteiger partial charge is 0.338 e. The van der Waals surface area contributed by atoms with E-state index in [4.69, 9.17) is 11.5 Å². The number of carbonyl (C=O) groups excluding carboxylic acids is 2. The van der Waals surface area contributed by atoms with Crippen LogP contribution < -0.4 is 22.5 Å². The number of rotatable bonds is 9. The van der Waals surface area contributed by atoms with Crippen LogP contribution in [0.25, 0.3) is 5.69 Å². The molecule has 41 heavy (non-hydrogen) atoms. The molecule has 1 saturated carbocycles. The van der Waals surface area contributed by atoms with Crippen LogP contribution in [-0.4, -0.2) is 93.1 Å². The summed E-state index contributed by atoms with van der Waals surface area (Å²) in [5, 5.41) is 2.70. The van der Waals surface area contributed by atoms with E-state index in [1.54, 1.807) is 35.9 Å². The molecule has 1 aromatic carbocycles. The minimum atomic E-state index is -0.947. The first kappa shape index (κ1) is 32.5. The summed E-state index contributed by atoms with van der Waals surface area (Å²) in [7, 11) is 0. The lowest BCUT2D eigenvalue weighted by Gasteiger charge is -2.38. The van der Waals surface area contributed by atoms with E-state index >= 15 is 0 Å². The third-order valence-corrected chi connectivity index (χ3v) is 7.98. The number of nitrogens with one attached hydrogen (secondary N) is 1. The first-order valence-corrected chi connectivity index (χ1v) is 14.3. The number of halogens is 1. The second-order valence-electron chi connectivity index (χ2n) is 11.8. The highest BCUT2D eigenvalue weighted by Crippen LogP contribution is 2.27. The molecule has 2 aliphatic rings. The highest BCUT2D eigenvalue weighted by molar-refractivity contribution is 5.89. The minimum absolute atomic E-state index is 0. The molecule has 1 unspecified atom stereocenters. The summed E-state index contributed by atoms with van der Waals surface area (Å²) < 4.78 is 1.46. The molecule has 1 aromatic heterocycles. The second kappa shape index (κ2) is 13.8. The molecule has 12 heteroatoms. The third-order valence-electron chi connectivity index (χ3n) is 7.98. The Kier molecular flexibility index (Phi) is 10.9. The molecule has 1 atom stereocenters. The molecule has 3 amide bonds. The predicted molar refractivity (Wildman–Crippen MR) is 164 cm³/mol. The molecule has 11 nitrogen and oxygen atoms in total. The van der Waals surface area contributed by atoms with E-state index in [9.17, 15) is 14.4 Å². The van der Waals surface area contributed by atoms with Gasteiger partial charge in [0.15, 0.2) is 0 Å². The average molecular weight is 589 g/mol. The van der Waals surface area contributed by atoms with Gasteiger partial charge in [-0.1, -0.05) is 19.1 Å². The maximum Gasteiger partial charge on any atom is 0.354 e. The van der Waals surface area contributed by atoms with Crippen LogP contribution in [0.2, 0.25) is 0 Å². The van der Waals surface area contributed by atoms with E-state index in [-0.39, 0.29) is 30.2 Å². The van der Waals surface area contributed by atoms with Crippen LogP contribution >= 0.6 is 12.4 Å². The molecule has 226 valence electrons. The molecule has 5 N–H and O–H groups in total. The summed E-state index contributed by atoms with van der Waals surface area (Å²) >= 11 is 0. The Labute approximate surface area is 248 Å². The molecule has 1 aliphatic carbocycles. The Bertz CT molecular complexity index is 1230. The van der Waals surface area contributed by atoms with Gasteiger partial charge in [0.2, 0.25) is 5.91 Å². The lowest BCUT2D eigenvalue weighted by molar-refractivity contribution is -0.137. The maximum absolute atomic E-state index is 12.8. The van der Waals surface area contributed by atoms with Crippen LogP contribution in [0.15, 0.2) is 41.3 Å². The molecule has 4 rings (SSSR count). The summed E-state index contributed by atoms with van der Waals surface area (Å²) in [5.74, 6) is 0.750. The van der Waals surface area contributed by atoms with Crippen molar-refractivity contribution in [2.24, 2.45) is 17.4 Å². The molecule has 1 saturated heterocycles. The number of benzene rings is 1. The normalized spacial score (nSPS) is 19.8. The quantitative estimate of drug-likeness (QED) is 0.407. The molecule has 0 bridgehead atoms. The Balaban J connectivity index is 0.00000462. The van der Waals surface area contributed by atoms with Gasteiger partial charge in [-0.15, -0.1) is 12.4 Å². The van der Waals surface area contributed by atoms with Crippen molar-refractivity contribution in [3.63, 3.8) is 0 Å². The van der Waals surface area contributed by atoms with Gasteiger partial charge in [-0.25, -0.2) is 9.59 Å². The van der Waals surface area contributed by atoms with E-state index in [0.717, 1.165) is 32.4 Å². The molecular weight excluding hydrogens is 544 g/mol. The molecule has 0 spiro atoms. The van der Waals surface area contributed by atoms with E-state index in [0.29, 0.717) is 49.9 Å². The Hall–Kier alpha value is -2.99. The molecule has 2 fully saturated rings. The highest BCUT2D eigenvalue weighted by Gasteiger charge is 2.31. The van der Waals surface area contributed by atoms with Gasteiger partial charge in [0.25, 0.3) is 0 Å². The Morgan fingerprint density at radius 3 is 2.24 bits per heavy atom. The second-order valence-corrected chi connectivity index (χ2v) is 11.8. The highest BCUT2D eigenvalue weighted by atomic mass is 35.5. The zero-order valence-electron chi connectivity index (χ0n) is 24.6. The van der Waals surface area contributed by atoms with Crippen LogP contribution in [0.5, 0.6) is 0 Å². The zero-order chi connectivity index (χ0) is 29.0. The topological polar surface area (TPSA) is 143 Å². The number of carbonyl (C=O) groups is 2.